The van der Waals surface area contributed by atoms with Gasteiger partial charge in [0.05, 0.1) is 4.90 Å². The molecule has 7 heteroatoms. The van der Waals surface area contributed by atoms with E-state index in [1.807, 2.05) is 0 Å². The van der Waals surface area contributed by atoms with Gasteiger partial charge in [0, 0.05) is 12.8 Å². The van der Waals surface area contributed by atoms with E-state index in [2.05, 4.69) is 10.7 Å². The third-order valence-corrected chi connectivity index (χ3v) is 3.33. The van der Waals surface area contributed by atoms with Crippen LogP contribution in [-0.4, -0.2) is 19.8 Å². The van der Waals surface area contributed by atoms with Crippen molar-refractivity contribution in [3.63, 3.8) is 0 Å². The van der Waals surface area contributed by atoms with Crippen LogP contribution in [0.25, 0.3) is 0 Å². The van der Waals surface area contributed by atoms with Crippen molar-refractivity contribution >= 4 is 27.2 Å². The average Bonchev–Trinajstić information content (AvgIpc) is 2.25. The van der Waals surface area contributed by atoms with Crippen molar-refractivity contribution in [3.05, 3.63) is 29.8 Å². The molecule has 0 spiro atoms. The lowest BCUT2D eigenvalue weighted by Gasteiger charge is -2.07. The molecule has 0 unspecified atom stereocenters. The van der Waals surface area contributed by atoms with Crippen molar-refractivity contribution < 1.29 is 8.42 Å². The van der Waals surface area contributed by atoms with Crippen LogP contribution in [0.15, 0.2) is 29.2 Å². The van der Waals surface area contributed by atoms with E-state index in [9.17, 15) is 8.42 Å². The first kappa shape index (κ1) is 12.9. The Bertz CT molecular complexity index is 468. The molecule has 88 valence electrons. The van der Waals surface area contributed by atoms with Crippen molar-refractivity contribution in [3.8, 4) is 0 Å². The van der Waals surface area contributed by atoms with Crippen LogP contribution in [0, 0.1) is 0 Å². The lowest BCUT2D eigenvalue weighted by molar-refractivity contribution is 0.602. The largest absolute Gasteiger partial charge is 0.358 e. The van der Waals surface area contributed by atoms with Gasteiger partial charge in [0.15, 0.2) is 14.9 Å². The number of thiocarbonyl (C=S) groups is 1. The van der Waals surface area contributed by atoms with Crippen LogP contribution in [0.5, 0.6) is 0 Å². The minimum Gasteiger partial charge on any atom is -0.358 e. The van der Waals surface area contributed by atoms with Crippen LogP contribution < -0.4 is 16.6 Å². The third-order valence-electron chi connectivity index (χ3n) is 1.94. The van der Waals surface area contributed by atoms with Gasteiger partial charge in [0.1, 0.15) is 0 Å². The van der Waals surface area contributed by atoms with Gasteiger partial charge in [0.25, 0.3) is 0 Å². The van der Waals surface area contributed by atoms with Crippen LogP contribution in [0.4, 0.5) is 0 Å². The lowest BCUT2D eigenvalue weighted by atomic mass is 10.2. The summed E-state index contributed by atoms with van der Waals surface area (Å²) in [5, 5.41) is 3.19. The molecule has 1 aromatic carbocycles. The highest BCUT2D eigenvalue weighted by molar-refractivity contribution is 7.90. The molecule has 16 heavy (non-hydrogen) atoms. The molecule has 1 rings (SSSR count). The number of sulfone groups is 1. The second-order valence-electron chi connectivity index (χ2n) is 3.24. The number of nitrogens with two attached hydrogens (primary N) is 1. The second kappa shape index (κ2) is 5.24. The number of hydrogen-bond acceptors (Lipinski definition) is 4. The number of nitrogens with one attached hydrogen (secondary N) is 2. The maximum Gasteiger partial charge on any atom is 0.180 e. The number of rotatable bonds is 3. The first-order chi connectivity index (χ1) is 7.43. The highest BCUT2D eigenvalue weighted by Gasteiger charge is 2.05. The Morgan fingerprint density at radius 3 is 2.38 bits per heavy atom. The molecule has 0 saturated heterocycles. The van der Waals surface area contributed by atoms with E-state index >= 15 is 0 Å². The molecule has 0 radical (unpaired) electrons. The Labute approximate surface area is 99.9 Å². The summed E-state index contributed by atoms with van der Waals surface area (Å²) in [5.41, 5.74) is 3.22. The molecule has 0 aliphatic rings. The van der Waals surface area contributed by atoms with Gasteiger partial charge >= 0.3 is 0 Å². The maximum absolute atomic E-state index is 11.2. The van der Waals surface area contributed by atoms with E-state index in [1.165, 1.54) is 6.26 Å². The van der Waals surface area contributed by atoms with E-state index in [0.29, 0.717) is 16.6 Å². The van der Waals surface area contributed by atoms with Gasteiger partial charge in [-0.1, -0.05) is 12.1 Å². The lowest BCUT2D eigenvalue weighted by Crippen LogP contribution is -2.39. The van der Waals surface area contributed by atoms with Crippen molar-refractivity contribution in [1.29, 1.82) is 0 Å². The van der Waals surface area contributed by atoms with Crippen molar-refractivity contribution in [1.82, 2.24) is 10.7 Å². The highest BCUT2D eigenvalue weighted by atomic mass is 32.2. The molecular formula is C9H13N3O2S2. The molecule has 1 aromatic rings. The van der Waals surface area contributed by atoms with Gasteiger partial charge in [-0.15, -0.1) is 0 Å². The second-order valence-corrected chi connectivity index (χ2v) is 5.67. The summed E-state index contributed by atoms with van der Waals surface area (Å²) in [7, 11) is -3.13. The third kappa shape index (κ3) is 3.76. The van der Waals surface area contributed by atoms with Gasteiger partial charge in [-0.05, 0) is 29.9 Å². The van der Waals surface area contributed by atoms with Crippen LogP contribution >= 0.6 is 12.2 Å². The monoisotopic (exact) mass is 259 g/mol. The highest BCUT2D eigenvalue weighted by Crippen LogP contribution is 2.09. The van der Waals surface area contributed by atoms with Gasteiger partial charge < -0.3 is 10.7 Å². The summed E-state index contributed by atoms with van der Waals surface area (Å²) in [6.45, 7) is 0.493. The van der Waals surface area contributed by atoms with Crippen LogP contribution in [-0.2, 0) is 16.4 Å². The molecule has 0 bridgehead atoms. The van der Waals surface area contributed by atoms with E-state index in [0.717, 1.165) is 5.56 Å². The Balaban J connectivity index is 2.69. The predicted octanol–water partition coefficient (Wildman–Crippen LogP) is -0.0721. The van der Waals surface area contributed by atoms with Crippen LogP contribution in [0.2, 0.25) is 0 Å². The van der Waals surface area contributed by atoms with Crippen LogP contribution in [0.1, 0.15) is 5.56 Å². The molecule has 4 N–H and O–H groups in total. The van der Waals surface area contributed by atoms with Crippen molar-refractivity contribution in [2.75, 3.05) is 6.26 Å². The number of hydrazine groups is 1. The van der Waals surface area contributed by atoms with E-state index in [4.69, 9.17) is 18.1 Å². The minimum absolute atomic E-state index is 0.302. The van der Waals surface area contributed by atoms with Gasteiger partial charge in [-0.3, -0.25) is 0 Å². The zero-order valence-electron chi connectivity index (χ0n) is 8.73. The summed E-state index contributed by atoms with van der Waals surface area (Å²) in [4.78, 5) is 0.302. The Morgan fingerprint density at radius 2 is 1.94 bits per heavy atom. The normalized spacial score (nSPS) is 10.9. The molecule has 0 fully saturated rings. The molecule has 0 aliphatic heterocycles. The molecule has 0 aliphatic carbocycles. The molecule has 0 atom stereocenters. The zero-order valence-corrected chi connectivity index (χ0v) is 10.4. The van der Waals surface area contributed by atoms with Gasteiger partial charge in [-0.25, -0.2) is 14.3 Å². The first-order valence-corrected chi connectivity index (χ1v) is 6.77. The van der Waals surface area contributed by atoms with Crippen molar-refractivity contribution in [2.45, 2.75) is 11.4 Å². The van der Waals surface area contributed by atoms with E-state index in [-0.39, 0.29) is 0 Å². The SMILES string of the molecule is CS(=O)(=O)c1ccc(CNC(=S)NN)cc1. The molecule has 0 saturated carbocycles. The van der Waals surface area contributed by atoms with Crippen molar-refractivity contribution in [2.24, 2.45) is 5.84 Å². The van der Waals surface area contributed by atoms with Crippen LogP contribution in [0.3, 0.4) is 0 Å². The van der Waals surface area contributed by atoms with E-state index in [1.54, 1.807) is 24.3 Å². The van der Waals surface area contributed by atoms with Gasteiger partial charge in [-0.2, -0.15) is 0 Å². The fourth-order valence-corrected chi connectivity index (χ4v) is 1.79. The first-order valence-electron chi connectivity index (χ1n) is 4.47. The van der Waals surface area contributed by atoms with Gasteiger partial charge in [0.2, 0.25) is 0 Å². The molecule has 5 nitrogen and oxygen atoms in total. The minimum atomic E-state index is -3.13. The average molecular weight is 259 g/mol. The number of benzene rings is 1. The topological polar surface area (TPSA) is 84.2 Å². The predicted molar refractivity (Wildman–Crippen MR) is 66.3 cm³/mol. The summed E-state index contributed by atoms with van der Waals surface area (Å²) in [6.07, 6.45) is 1.17. The van der Waals surface area contributed by atoms with E-state index < -0.39 is 9.84 Å². The summed E-state index contributed by atoms with van der Waals surface area (Å²) < 4.78 is 22.4. The Kier molecular flexibility index (Phi) is 4.22. The standard InChI is InChI=1S/C9H13N3O2S2/c1-16(13,14)8-4-2-7(3-5-8)6-11-9(15)12-10/h2-5H,6,10H2,1H3,(H2,11,12,15). The molecule has 0 amide bonds. The summed E-state index contributed by atoms with van der Waals surface area (Å²) in [5.74, 6) is 5.08. The fourth-order valence-electron chi connectivity index (χ4n) is 1.09. The summed E-state index contributed by atoms with van der Waals surface area (Å²) >= 11 is 4.80. The zero-order chi connectivity index (χ0) is 12.2. The fraction of sp³-hybridized carbons (Fsp3) is 0.222. The molecule has 0 aromatic heterocycles. The quantitative estimate of drug-likeness (QED) is 0.400. The Morgan fingerprint density at radius 1 is 1.38 bits per heavy atom. The summed E-state index contributed by atoms with van der Waals surface area (Å²) in [6, 6.07) is 6.57. The number of hydrogen-bond donors (Lipinski definition) is 3. The Hall–Kier alpha value is -1.18. The maximum atomic E-state index is 11.2. The molecule has 0 heterocycles. The smallest absolute Gasteiger partial charge is 0.180 e. The molecular weight excluding hydrogens is 246 g/mol.